The van der Waals surface area contributed by atoms with Crippen LogP contribution >= 0.6 is 0 Å². The molecule has 0 fully saturated rings. The van der Waals surface area contributed by atoms with Crippen LogP contribution in [-0.4, -0.2) is 22.3 Å². The molecule has 0 unspecified atom stereocenters. The second kappa shape index (κ2) is 3.75. The minimum atomic E-state index is 0.847. The van der Waals surface area contributed by atoms with Crippen LogP contribution in [0, 0.1) is 11.8 Å². The van der Waals surface area contributed by atoms with Crippen LogP contribution in [0.5, 0.6) is 0 Å². The molecule has 0 atom stereocenters. The molecule has 0 aromatic heterocycles. The fourth-order valence-electron chi connectivity index (χ4n) is 0.770. The molecule has 0 heterocycles. The van der Waals surface area contributed by atoms with Crippen molar-refractivity contribution in [3.8, 4) is 0 Å². The van der Waals surface area contributed by atoms with Gasteiger partial charge in [-0.15, -0.1) is 0 Å². The molecule has 0 aromatic carbocycles. The Kier molecular flexibility index (Phi) is 4.12. The van der Waals surface area contributed by atoms with Gasteiger partial charge in [-0.1, -0.05) is 0 Å². The molecule has 0 rings (SSSR count). The van der Waals surface area contributed by atoms with Gasteiger partial charge in [0.2, 0.25) is 0 Å². The Hall–Kier alpha value is 0.790. The standard InChI is InChI=1S/C7H15Te/c1-5(2)7(8)6(3)4/h5-7H,1-4H3. The number of rotatable bonds is 2. The van der Waals surface area contributed by atoms with Crippen LogP contribution in [0.3, 0.4) is 0 Å². The van der Waals surface area contributed by atoms with Crippen molar-refractivity contribution < 1.29 is 0 Å². The molecular weight excluding hydrogens is 212 g/mol. The van der Waals surface area contributed by atoms with E-state index in [0.717, 1.165) is 15.8 Å². The molecule has 0 saturated heterocycles. The Balaban J connectivity index is 3.46. The van der Waals surface area contributed by atoms with E-state index in [9.17, 15) is 0 Å². The summed E-state index contributed by atoms with van der Waals surface area (Å²) in [6, 6.07) is 0. The molecule has 0 nitrogen and oxygen atoms in total. The SMILES string of the molecule is CC(C)C([Te])C(C)C. The van der Waals surface area contributed by atoms with Crippen LogP contribution in [0.2, 0.25) is 3.97 Å². The van der Waals surface area contributed by atoms with Gasteiger partial charge >= 0.3 is 65.8 Å². The fraction of sp³-hybridized carbons (Fsp3) is 1.00. The summed E-state index contributed by atoms with van der Waals surface area (Å²) in [4.78, 5) is 0. The van der Waals surface area contributed by atoms with Crippen LogP contribution in [0.15, 0.2) is 0 Å². The molecule has 0 saturated carbocycles. The molecule has 1 heteroatoms. The van der Waals surface area contributed by atoms with E-state index in [1.165, 1.54) is 0 Å². The van der Waals surface area contributed by atoms with Gasteiger partial charge in [-0.25, -0.2) is 0 Å². The molecule has 0 bridgehead atoms. The van der Waals surface area contributed by atoms with E-state index in [-0.39, 0.29) is 0 Å². The molecule has 0 amide bonds. The zero-order valence-electron chi connectivity index (χ0n) is 6.14. The third kappa shape index (κ3) is 2.95. The minimum absolute atomic E-state index is 0.847. The Bertz CT molecular complexity index is 49.4. The van der Waals surface area contributed by atoms with Crippen molar-refractivity contribution >= 4 is 22.3 Å². The normalized spacial score (nSPS) is 12.0. The molecule has 0 aliphatic heterocycles. The third-order valence-electron chi connectivity index (χ3n) is 1.31. The van der Waals surface area contributed by atoms with Crippen molar-refractivity contribution in [2.24, 2.45) is 11.8 Å². The third-order valence-corrected chi connectivity index (χ3v) is 4.42. The Morgan fingerprint density at radius 2 is 1.12 bits per heavy atom. The van der Waals surface area contributed by atoms with Crippen molar-refractivity contribution in [3.05, 3.63) is 0 Å². The van der Waals surface area contributed by atoms with E-state index in [2.05, 4.69) is 50.0 Å². The first-order valence-electron chi connectivity index (χ1n) is 3.21. The van der Waals surface area contributed by atoms with E-state index in [4.69, 9.17) is 0 Å². The molecule has 49 valence electrons. The molecule has 8 heavy (non-hydrogen) atoms. The van der Waals surface area contributed by atoms with Crippen LogP contribution in [-0.2, 0) is 0 Å². The summed E-state index contributed by atoms with van der Waals surface area (Å²) in [5, 5.41) is 0. The number of hydrogen-bond acceptors (Lipinski definition) is 0. The van der Waals surface area contributed by atoms with Gasteiger partial charge in [0.05, 0.1) is 0 Å². The first-order valence-corrected chi connectivity index (χ1v) is 4.56. The Labute approximate surface area is 66.0 Å². The molecule has 1 radical (unpaired) electrons. The van der Waals surface area contributed by atoms with Gasteiger partial charge in [-0.05, 0) is 0 Å². The van der Waals surface area contributed by atoms with Crippen molar-refractivity contribution in [1.82, 2.24) is 0 Å². The zero-order valence-corrected chi connectivity index (χ0v) is 8.47. The molecule has 0 aromatic rings. The van der Waals surface area contributed by atoms with Crippen LogP contribution < -0.4 is 0 Å². The van der Waals surface area contributed by atoms with Gasteiger partial charge in [0.1, 0.15) is 0 Å². The van der Waals surface area contributed by atoms with Gasteiger partial charge in [-0.3, -0.25) is 0 Å². The van der Waals surface area contributed by atoms with Crippen molar-refractivity contribution in [2.45, 2.75) is 31.7 Å². The molecule has 0 spiro atoms. The monoisotopic (exact) mass is 229 g/mol. The van der Waals surface area contributed by atoms with E-state index < -0.39 is 0 Å². The second-order valence-electron chi connectivity index (χ2n) is 2.95. The summed E-state index contributed by atoms with van der Waals surface area (Å²) < 4.78 is 0.880. The first kappa shape index (κ1) is 8.79. The quantitative estimate of drug-likeness (QED) is 0.634. The second-order valence-corrected chi connectivity index (χ2v) is 4.51. The number of hydrogen-bond donors (Lipinski definition) is 0. The van der Waals surface area contributed by atoms with E-state index in [0.29, 0.717) is 0 Å². The fourth-order valence-corrected chi connectivity index (χ4v) is 0.770. The predicted molar refractivity (Wildman–Crippen MR) is 39.2 cm³/mol. The predicted octanol–water partition coefficient (Wildman–Crippen LogP) is 2.26. The maximum absolute atomic E-state index is 2.28. The molecule has 0 aliphatic rings. The summed E-state index contributed by atoms with van der Waals surface area (Å²) in [5.74, 6) is 1.69. The first-order chi connectivity index (χ1) is 3.55. The molecular formula is C7H15Te. The summed E-state index contributed by atoms with van der Waals surface area (Å²) in [7, 11) is 0. The van der Waals surface area contributed by atoms with Gasteiger partial charge in [0.15, 0.2) is 0 Å². The van der Waals surface area contributed by atoms with E-state index in [1.807, 2.05) is 0 Å². The van der Waals surface area contributed by atoms with Gasteiger partial charge in [-0.2, -0.15) is 0 Å². The van der Waals surface area contributed by atoms with Gasteiger partial charge < -0.3 is 0 Å². The van der Waals surface area contributed by atoms with Crippen LogP contribution in [0.1, 0.15) is 27.7 Å². The van der Waals surface area contributed by atoms with Crippen LogP contribution in [0.25, 0.3) is 0 Å². The van der Waals surface area contributed by atoms with Crippen LogP contribution in [0.4, 0.5) is 0 Å². The Morgan fingerprint density at radius 1 is 0.875 bits per heavy atom. The van der Waals surface area contributed by atoms with Gasteiger partial charge in [0, 0.05) is 0 Å². The average molecular weight is 227 g/mol. The average Bonchev–Trinajstić information content (AvgIpc) is 1.64. The molecule has 0 aliphatic carbocycles. The summed E-state index contributed by atoms with van der Waals surface area (Å²) >= 11 is 2.25. The van der Waals surface area contributed by atoms with E-state index in [1.54, 1.807) is 0 Å². The molecule has 0 N–H and O–H groups in total. The summed E-state index contributed by atoms with van der Waals surface area (Å²) in [6.45, 7) is 9.14. The zero-order chi connectivity index (χ0) is 6.73. The summed E-state index contributed by atoms with van der Waals surface area (Å²) in [5.41, 5.74) is 0. The van der Waals surface area contributed by atoms with Gasteiger partial charge in [0.25, 0.3) is 0 Å². The Morgan fingerprint density at radius 3 is 1.12 bits per heavy atom. The van der Waals surface area contributed by atoms with Crippen molar-refractivity contribution in [3.63, 3.8) is 0 Å². The topological polar surface area (TPSA) is 0 Å². The maximum atomic E-state index is 2.28. The van der Waals surface area contributed by atoms with Crippen molar-refractivity contribution in [2.75, 3.05) is 0 Å². The summed E-state index contributed by atoms with van der Waals surface area (Å²) in [6.07, 6.45) is 0. The van der Waals surface area contributed by atoms with Crippen molar-refractivity contribution in [1.29, 1.82) is 0 Å². The van der Waals surface area contributed by atoms with E-state index >= 15 is 0 Å².